The van der Waals surface area contributed by atoms with Gasteiger partial charge in [0.2, 0.25) is 10.0 Å². The summed E-state index contributed by atoms with van der Waals surface area (Å²) in [6.45, 7) is 1.83. The topological polar surface area (TPSA) is 93.2 Å². The van der Waals surface area contributed by atoms with Crippen LogP contribution < -0.4 is 4.72 Å². The maximum absolute atomic E-state index is 12.2. The first-order valence-electron chi connectivity index (χ1n) is 6.04. The van der Waals surface area contributed by atoms with Crippen LogP contribution in [0.2, 0.25) is 0 Å². The van der Waals surface area contributed by atoms with Crippen molar-refractivity contribution in [2.45, 2.75) is 25.0 Å². The van der Waals surface area contributed by atoms with E-state index in [4.69, 9.17) is 0 Å². The minimum atomic E-state index is -3.61. The monoisotopic (exact) mass is 382 g/mol. The van der Waals surface area contributed by atoms with E-state index in [2.05, 4.69) is 25.6 Å². The summed E-state index contributed by atoms with van der Waals surface area (Å²) in [5.41, 5.74) is 0.865. The third kappa shape index (κ3) is 3.70. The number of nitrogens with one attached hydrogen (secondary N) is 1. The van der Waals surface area contributed by atoms with Gasteiger partial charge in [-0.15, -0.1) is 0 Å². The minimum Gasteiger partial charge on any atom is -0.267 e. The van der Waals surface area contributed by atoms with Gasteiger partial charge in [-0.1, -0.05) is 0 Å². The van der Waals surface area contributed by atoms with Crippen molar-refractivity contribution in [3.8, 4) is 0 Å². The van der Waals surface area contributed by atoms with E-state index in [9.17, 15) is 16.8 Å². The van der Waals surface area contributed by atoms with Gasteiger partial charge < -0.3 is 0 Å². The Balaban J connectivity index is 2.13. The molecule has 1 aromatic rings. The lowest BCUT2D eigenvalue weighted by Crippen LogP contribution is -2.36. The number of sulfone groups is 1. The number of aromatic nitrogens is 1. The van der Waals surface area contributed by atoms with Gasteiger partial charge in [-0.25, -0.2) is 21.8 Å². The molecular weight excluding hydrogens is 368 g/mol. The first kappa shape index (κ1) is 15.7. The standard InChI is InChI=1S/C11H15BrN2O4S2/c1-8-6-11(13-7-10(8)12)14-20(17,18)9-2-4-19(15,16)5-3-9/h6-7,9H,2-5H2,1H3,(H,13,14). The molecule has 6 nitrogen and oxygen atoms in total. The average Bonchev–Trinajstić information content (AvgIpc) is 2.33. The van der Waals surface area contributed by atoms with Crippen molar-refractivity contribution >= 4 is 41.6 Å². The molecule has 1 saturated heterocycles. The van der Waals surface area contributed by atoms with Gasteiger partial charge in [-0.2, -0.15) is 0 Å². The predicted molar refractivity (Wildman–Crippen MR) is 80.9 cm³/mol. The van der Waals surface area contributed by atoms with Crippen molar-refractivity contribution in [2.75, 3.05) is 16.2 Å². The van der Waals surface area contributed by atoms with Crippen LogP contribution >= 0.6 is 15.9 Å². The van der Waals surface area contributed by atoms with E-state index in [-0.39, 0.29) is 30.2 Å². The molecular formula is C11H15BrN2O4S2. The van der Waals surface area contributed by atoms with Crippen molar-refractivity contribution < 1.29 is 16.8 Å². The summed E-state index contributed by atoms with van der Waals surface area (Å²) >= 11 is 3.29. The number of aryl methyl sites for hydroxylation is 1. The average molecular weight is 383 g/mol. The highest BCUT2D eigenvalue weighted by Gasteiger charge is 2.33. The lowest BCUT2D eigenvalue weighted by atomic mass is 10.2. The Kier molecular flexibility index (Phi) is 4.41. The SMILES string of the molecule is Cc1cc(NS(=O)(=O)C2CCS(=O)(=O)CC2)ncc1Br. The number of hydrogen-bond donors (Lipinski definition) is 1. The van der Waals surface area contributed by atoms with Crippen LogP contribution in [0, 0.1) is 6.92 Å². The van der Waals surface area contributed by atoms with Gasteiger partial charge in [0.15, 0.2) is 0 Å². The molecule has 0 radical (unpaired) electrons. The molecule has 1 aromatic heterocycles. The Bertz CT molecular complexity index is 702. The largest absolute Gasteiger partial charge is 0.267 e. The fraction of sp³-hybridized carbons (Fsp3) is 0.545. The number of halogens is 1. The summed E-state index contributed by atoms with van der Waals surface area (Å²) in [6.07, 6.45) is 1.79. The minimum absolute atomic E-state index is 0.0780. The van der Waals surface area contributed by atoms with Crippen molar-refractivity contribution in [1.82, 2.24) is 4.98 Å². The first-order valence-corrected chi connectivity index (χ1v) is 10.2. The van der Waals surface area contributed by atoms with E-state index in [1.165, 1.54) is 6.20 Å². The number of nitrogens with zero attached hydrogens (tertiary/aromatic N) is 1. The maximum Gasteiger partial charge on any atom is 0.236 e. The van der Waals surface area contributed by atoms with Crippen LogP contribution in [0.5, 0.6) is 0 Å². The molecule has 0 spiro atoms. The number of hydrogen-bond acceptors (Lipinski definition) is 5. The molecule has 0 aromatic carbocycles. The lowest BCUT2D eigenvalue weighted by molar-refractivity contribution is 0.555. The molecule has 2 rings (SSSR count). The van der Waals surface area contributed by atoms with Crippen LogP contribution in [0.3, 0.4) is 0 Å². The summed E-state index contributed by atoms with van der Waals surface area (Å²) in [5, 5.41) is -0.684. The summed E-state index contributed by atoms with van der Waals surface area (Å²) in [6, 6.07) is 1.63. The molecule has 1 N–H and O–H groups in total. The quantitative estimate of drug-likeness (QED) is 0.853. The highest BCUT2D eigenvalue weighted by Crippen LogP contribution is 2.23. The zero-order valence-corrected chi connectivity index (χ0v) is 14.1. The van der Waals surface area contributed by atoms with E-state index in [0.717, 1.165) is 10.0 Å². The third-order valence-corrected chi connectivity index (χ3v) is 7.62. The van der Waals surface area contributed by atoms with Crippen LogP contribution in [-0.4, -0.2) is 38.6 Å². The van der Waals surface area contributed by atoms with E-state index in [1.54, 1.807) is 6.07 Å². The smallest absolute Gasteiger partial charge is 0.236 e. The van der Waals surface area contributed by atoms with Crippen LogP contribution in [0.15, 0.2) is 16.7 Å². The second-order valence-corrected chi connectivity index (χ2v) is 9.94. The van der Waals surface area contributed by atoms with Crippen LogP contribution in [0.1, 0.15) is 18.4 Å². The van der Waals surface area contributed by atoms with Crippen molar-refractivity contribution in [2.24, 2.45) is 0 Å². The molecule has 0 aliphatic carbocycles. The fourth-order valence-electron chi connectivity index (χ4n) is 2.00. The predicted octanol–water partition coefficient (Wildman–Crippen LogP) is 1.47. The summed E-state index contributed by atoms with van der Waals surface area (Å²) < 4.78 is 50.3. The van der Waals surface area contributed by atoms with Crippen LogP contribution in [-0.2, 0) is 19.9 Å². The van der Waals surface area contributed by atoms with Gasteiger partial charge in [-0.05, 0) is 47.3 Å². The van der Waals surface area contributed by atoms with Crippen molar-refractivity contribution in [1.29, 1.82) is 0 Å². The highest BCUT2D eigenvalue weighted by molar-refractivity contribution is 9.10. The van der Waals surface area contributed by atoms with E-state index in [0.29, 0.717) is 0 Å². The second kappa shape index (κ2) is 5.61. The van der Waals surface area contributed by atoms with Gasteiger partial charge in [0.25, 0.3) is 0 Å². The molecule has 0 atom stereocenters. The Morgan fingerprint density at radius 2 is 1.95 bits per heavy atom. The summed E-state index contributed by atoms with van der Waals surface area (Å²) in [4.78, 5) is 3.99. The summed E-state index contributed by atoms with van der Waals surface area (Å²) in [7, 11) is -6.68. The molecule has 1 aliphatic heterocycles. The molecule has 0 saturated carbocycles. The first-order chi connectivity index (χ1) is 9.20. The van der Waals surface area contributed by atoms with Gasteiger partial charge in [0.1, 0.15) is 15.7 Å². The Labute approximate surface area is 127 Å². The molecule has 1 fully saturated rings. The molecule has 20 heavy (non-hydrogen) atoms. The number of rotatable bonds is 3. The van der Waals surface area contributed by atoms with Crippen LogP contribution in [0.25, 0.3) is 0 Å². The van der Waals surface area contributed by atoms with E-state index < -0.39 is 25.1 Å². The van der Waals surface area contributed by atoms with E-state index in [1.807, 2.05) is 6.92 Å². The van der Waals surface area contributed by atoms with Gasteiger partial charge in [0.05, 0.1) is 16.8 Å². The number of sulfonamides is 1. The lowest BCUT2D eigenvalue weighted by Gasteiger charge is -2.22. The van der Waals surface area contributed by atoms with Crippen molar-refractivity contribution in [3.05, 3.63) is 22.3 Å². The van der Waals surface area contributed by atoms with Gasteiger partial charge >= 0.3 is 0 Å². The number of anilines is 1. The molecule has 0 bridgehead atoms. The molecule has 112 valence electrons. The zero-order chi connectivity index (χ0) is 15.0. The molecule has 9 heteroatoms. The molecule has 1 aliphatic rings. The van der Waals surface area contributed by atoms with Gasteiger partial charge in [0, 0.05) is 10.7 Å². The number of pyridine rings is 1. The molecule has 0 unspecified atom stereocenters. The Morgan fingerprint density at radius 3 is 2.50 bits per heavy atom. The zero-order valence-electron chi connectivity index (χ0n) is 10.8. The Morgan fingerprint density at radius 1 is 1.35 bits per heavy atom. The van der Waals surface area contributed by atoms with Crippen LogP contribution in [0.4, 0.5) is 5.82 Å². The summed E-state index contributed by atoms with van der Waals surface area (Å²) in [5.74, 6) is 0.0932. The van der Waals surface area contributed by atoms with Gasteiger partial charge in [-0.3, -0.25) is 4.72 Å². The highest BCUT2D eigenvalue weighted by atomic mass is 79.9. The maximum atomic E-state index is 12.2. The normalized spacial score (nSPS) is 19.7. The fourth-order valence-corrected chi connectivity index (χ4v) is 5.44. The molecule has 2 heterocycles. The van der Waals surface area contributed by atoms with E-state index >= 15 is 0 Å². The van der Waals surface area contributed by atoms with Crippen molar-refractivity contribution in [3.63, 3.8) is 0 Å². The molecule has 0 amide bonds. The second-order valence-electron chi connectivity index (χ2n) is 4.82. The third-order valence-electron chi connectivity index (χ3n) is 3.23. The Hall–Kier alpha value is -0.670.